The van der Waals surface area contributed by atoms with Gasteiger partial charge in [0.15, 0.2) is 0 Å². The number of halogens is 2. The summed E-state index contributed by atoms with van der Waals surface area (Å²) in [6.45, 7) is 2.06. The smallest absolute Gasteiger partial charge is 0.223 e. The summed E-state index contributed by atoms with van der Waals surface area (Å²) in [4.78, 5) is 8.62. The first-order valence-electron chi connectivity index (χ1n) is 7.69. The Kier molecular flexibility index (Phi) is 5.07. The van der Waals surface area contributed by atoms with Crippen LogP contribution in [0.3, 0.4) is 0 Å². The monoisotopic (exact) mass is 361 g/mol. The lowest BCUT2D eigenvalue weighted by molar-refractivity contribution is 0.196. The summed E-state index contributed by atoms with van der Waals surface area (Å²) in [5, 5.41) is 1.72. The van der Waals surface area contributed by atoms with E-state index in [0.717, 1.165) is 28.8 Å². The number of nitrogens with zero attached hydrogens (tertiary/aromatic N) is 2. The summed E-state index contributed by atoms with van der Waals surface area (Å²) in [6, 6.07) is 12.9. The number of hydrogen-bond acceptors (Lipinski definition) is 4. The maximum atomic E-state index is 6.11. The molecule has 4 nitrogen and oxygen atoms in total. The van der Waals surface area contributed by atoms with E-state index in [2.05, 4.69) is 16.9 Å². The first kappa shape index (κ1) is 16.8. The first-order chi connectivity index (χ1) is 11.6. The van der Waals surface area contributed by atoms with Gasteiger partial charge in [0.05, 0.1) is 11.2 Å². The number of hydrogen-bond donors (Lipinski definition) is 1. The predicted octanol–water partition coefficient (Wildman–Crippen LogP) is 4.92. The third-order valence-corrected chi connectivity index (χ3v) is 4.22. The second-order valence-corrected chi connectivity index (χ2v) is 6.26. The Morgan fingerprint density at radius 1 is 1.08 bits per heavy atom. The van der Waals surface area contributed by atoms with Crippen molar-refractivity contribution < 1.29 is 4.74 Å². The molecular weight excluding hydrogens is 345 g/mol. The van der Waals surface area contributed by atoms with Crippen molar-refractivity contribution in [2.75, 3.05) is 5.73 Å². The van der Waals surface area contributed by atoms with Gasteiger partial charge in [-0.1, -0.05) is 24.6 Å². The molecule has 6 heteroatoms. The third kappa shape index (κ3) is 3.71. The van der Waals surface area contributed by atoms with Gasteiger partial charge in [0.2, 0.25) is 5.28 Å². The van der Waals surface area contributed by atoms with Crippen molar-refractivity contribution >= 4 is 39.8 Å². The van der Waals surface area contributed by atoms with E-state index in [9.17, 15) is 0 Å². The minimum Gasteiger partial charge on any atom is -0.490 e. The summed E-state index contributed by atoms with van der Waals surface area (Å²) in [6.07, 6.45) is 1.35. The van der Waals surface area contributed by atoms with Crippen LogP contribution in [0.2, 0.25) is 10.3 Å². The highest BCUT2D eigenvalue weighted by molar-refractivity contribution is 6.30. The Labute approximate surface area is 150 Å². The first-order valence-corrected chi connectivity index (χ1v) is 8.45. The summed E-state index contributed by atoms with van der Waals surface area (Å²) >= 11 is 12.0. The van der Waals surface area contributed by atoms with Crippen LogP contribution in [-0.4, -0.2) is 16.1 Å². The number of anilines is 1. The fraction of sp³-hybridized carbons (Fsp3) is 0.222. The van der Waals surface area contributed by atoms with Gasteiger partial charge in [-0.2, -0.15) is 0 Å². The topological polar surface area (TPSA) is 61.0 Å². The zero-order valence-electron chi connectivity index (χ0n) is 13.2. The second-order valence-electron chi connectivity index (χ2n) is 5.49. The number of nitrogens with two attached hydrogens (primary N) is 1. The van der Waals surface area contributed by atoms with Crippen LogP contribution >= 0.6 is 23.2 Å². The van der Waals surface area contributed by atoms with Gasteiger partial charge in [0.1, 0.15) is 11.9 Å². The molecule has 1 aromatic heterocycles. The number of fused-ring (bicyclic) bond motifs is 1. The number of benzene rings is 2. The van der Waals surface area contributed by atoms with Crippen molar-refractivity contribution in [3.8, 4) is 5.75 Å². The summed E-state index contributed by atoms with van der Waals surface area (Å²) in [5.74, 6) is 0.767. The minimum absolute atomic E-state index is 0.0556. The molecule has 2 aromatic carbocycles. The Balaban J connectivity index is 1.90. The molecule has 0 bridgehead atoms. The van der Waals surface area contributed by atoms with E-state index >= 15 is 0 Å². The summed E-state index contributed by atoms with van der Waals surface area (Å²) in [5.41, 5.74) is 8.29. The van der Waals surface area contributed by atoms with E-state index in [4.69, 9.17) is 33.7 Å². The van der Waals surface area contributed by atoms with Crippen molar-refractivity contribution in [2.45, 2.75) is 25.9 Å². The van der Waals surface area contributed by atoms with Gasteiger partial charge in [0, 0.05) is 22.5 Å². The van der Waals surface area contributed by atoms with Crippen molar-refractivity contribution in [1.29, 1.82) is 0 Å². The molecule has 0 fully saturated rings. The number of ether oxygens (including phenoxy) is 1. The van der Waals surface area contributed by atoms with Gasteiger partial charge in [0.25, 0.3) is 0 Å². The van der Waals surface area contributed by atoms with Gasteiger partial charge in [-0.25, -0.2) is 9.97 Å². The molecule has 1 atom stereocenters. The van der Waals surface area contributed by atoms with Crippen LogP contribution in [0.5, 0.6) is 5.75 Å². The lowest BCUT2D eigenvalue weighted by atomic mass is 10.1. The van der Waals surface area contributed by atoms with Crippen LogP contribution in [0.15, 0.2) is 42.5 Å². The van der Waals surface area contributed by atoms with E-state index in [1.165, 1.54) is 0 Å². The molecule has 1 heterocycles. The Morgan fingerprint density at radius 2 is 1.83 bits per heavy atom. The molecule has 0 aliphatic heterocycles. The highest BCUT2D eigenvalue weighted by Crippen LogP contribution is 2.26. The van der Waals surface area contributed by atoms with E-state index < -0.39 is 0 Å². The largest absolute Gasteiger partial charge is 0.490 e. The molecular formula is C18H17Cl2N3O. The van der Waals surface area contributed by atoms with Crippen LogP contribution in [0.25, 0.3) is 10.9 Å². The van der Waals surface area contributed by atoms with E-state index in [0.29, 0.717) is 17.1 Å². The molecule has 0 saturated carbocycles. The van der Waals surface area contributed by atoms with E-state index in [1.807, 2.05) is 30.3 Å². The number of nitrogen functional groups attached to an aromatic ring is 1. The molecule has 3 rings (SSSR count). The van der Waals surface area contributed by atoms with E-state index in [-0.39, 0.29) is 11.4 Å². The average Bonchev–Trinajstić information content (AvgIpc) is 2.55. The lowest BCUT2D eigenvalue weighted by Crippen LogP contribution is -2.19. The van der Waals surface area contributed by atoms with Gasteiger partial charge in [-0.3, -0.25) is 0 Å². The lowest BCUT2D eigenvalue weighted by Gasteiger charge is -2.18. The van der Waals surface area contributed by atoms with Crippen molar-refractivity contribution in [3.05, 3.63) is 58.5 Å². The van der Waals surface area contributed by atoms with Gasteiger partial charge >= 0.3 is 0 Å². The van der Waals surface area contributed by atoms with Crippen molar-refractivity contribution in [2.24, 2.45) is 0 Å². The highest BCUT2D eigenvalue weighted by Gasteiger charge is 2.16. The standard InChI is InChI=1S/C18H17Cl2N3O/c1-2-12(24-13-8-6-11(19)7-9-13)10-16-17-14(21)4-3-5-15(17)22-18(20)23-16/h3-9,12H,2,10,21H2,1H3. The zero-order chi connectivity index (χ0) is 17.1. The van der Waals surface area contributed by atoms with Crippen LogP contribution in [0.1, 0.15) is 19.0 Å². The third-order valence-electron chi connectivity index (χ3n) is 3.80. The molecule has 24 heavy (non-hydrogen) atoms. The molecule has 0 spiro atoms. The Morgan fingerprint density at radius 3 is 2.54 bits per heavy atom. The SMILES string of the molecule is CCC(Cc1nc(Cl)nc2cccc(N)c12)Oc1ccc(Cl)cc1. The zero-order valence-corrected chi connectivity index (χ0v) is 14.7. The van der Waals surface area contributed by atoms with E-state index in [1.54, 1.807) is 12.1 Å². The molecule has 0 aliphatic rings. The fourth-order valence-corrected chi connectivity index (χ4v) is 2.91. The van der Waals surface area contributed by atoms with Crippen LogP contribution in [0, 0.1) is 0 Å². The predicted molar refractivity (Wildman–Crippen MR) is 98.8 cm³/mol. The maximum absolute atomic E-state index is 6.11. The second kappa shape index (κ2) is 7.24. The van der Waals surface area contributed by atoms with Gasteiger partial charge < -0.3 is 10.5 Å². The Bertz CT molecular complexity index is 853. The molecule has 0 aliphatic carbocycles. The van der Waals surface area contributed by atoms with Gasteiger partial charge in [-0.05, 0) is 54.4 Å². The molecule has 0 radical (unpaired) electrons. The molecule has 3 aromatic rings. The molecule has 0 saturated heterocycles. The minimum atomic E-state index is -0.0556. The van der Waals surface area contributed by atoms with Crippen LogP contribution in [0.4, 0.5) is 5.69 Å². The van der Waals surface area contributed by atoms with Crippen molar-refractivity contribution in [3.63, 3.8) is 0 Å². The normalized spacial score (nSPS) is 12.3. The Hall–Kier alpha value is -2.04. The quantitative estimate of drug-likeness (QED) is 0.517. The molecule has 124 valence electrons. The average molecular weight is 362 g/mol. The van der Waals surface area contributed by atoms with Crippen LogP contribution in [-0.2, 0) is 6.42 Å². The van der Waals surface area contributed by atoms with Crippen molar-refractivity contribution in [1.82, 2.24) is 9.97 Å². The fourth-order valence-electron chi connectivity index (χ4n) is 2.60. The molecule has 1 unspecified atom stereocenters. The molecule has 2 N–H and O–H groups in total. The molecule has 0 amide bonds. The van der Waals surface area contributed by atoms with Crippen LogP contribution < -0.4 is 10.5 Å². The van der Waals surface area contributed by atoms with Gasteiger partial charge in [-0.15, -0.1) is 0 Å². The highest BCUT2D eigenvalue weighted by atomic mass is 35.5. The number of rotatable bonds is 5. The summed E-state index contributed by atoms with van der Waals surface area (Å²) in [7, 11) is 0. The summed E-state index contributed by atoms with van der Waals surface area (Å²) < 4.78 is 6.05. The maximum Gasteiger partial charge on any atom is 0.223 e. The number of aromatic nitrogens is 2.